The van der Waals surface area contributed by atoms with Crippen molar-refractivity contribution in [2.24, 2.45) is 30.0 Å². The third kappa shape index (κ3) is 13.3. The van der Waals surface area contributed by atoms with Crippen LogP contribution in [-0.2, 0) is 94.4 Å². The SMILES string of the molecule is c1ccc(C2=NC3(N=C2c2ccccc2)c2cc4ccc2CCc2ccc(cc2-c2nc(-c5cc(-c6nc7n(c6-c6ccccc6)C6(N=C(c8ccccc8)C(c8ccccc8)=N6)c6cc8ccc6CCc6ccc(cc6-7)CC8)cc(-c6[nH]c7[n+](c6-c6ccccc6)C6(N=C(c8ccccc8)C(c8ccccc8)=N6)c6cc8ccc6CCCc6ccc(cc6-7)CCC8)c5)c(-c5ccccc5)n23)CC4)cc1. The molecule has 12 heterocycles. The molecule has 0 atom stereocenters. The molecule has 0 saturated carbocycles. The van der Waals surface area contributed by atoms with Crippen LogP contribution in [0.4, 0.5) is 0 Å². The maximum absolute atomic E-state index is 6.65. The molecule has 16 aromatic carbocycles. The summed E-state index contributed by atoms with van der Waals surface area (Å²) >= 11 is 0. The number of aryl methyl sites for hydroxylation is 12. The van der Waals surface area contributed by atoms with E-state index < -0.39 is 17.4 Å². The normalized spacial score (nSPS) is 16.0. The van der Waals surface area contributed by atoms with Gasteiger partial charge in [-0.15, -0.1) is 0 Å². The summed E-state index contributed by atoms with van der Waals surface area (Å²) in [5.74, 6) is -2.13. The lowest BCUT2D eigenvalue weighted by Gasteiger charge is -2.31. The first kappa shape index (κ1) is 81.5. The van der Waals surface area contributed by atoms with Crippen LogP contribution >= 0.6 is 0 Å². The Morgan fingerprint density at radius 3 is 0.907 bits per heavy atom. The number of aromatic amines is 1. The number of aromatic nitrogens is 6. The minimum absolute atomic E-state index is 0.735. The summed E-state index contributed by atoms with van der Waals surface area (Å²) < 4.78 is 7.53. The van der Waals surface area contributed by atoms with E-state index >= 15 is 0 Å². The molecule has 9 aliphatic heterocycles. The first-order chi connectivity index (χ1) is 69.2. The lowest BCUT2D eigenvalue weighted by molar-refractivity contribution is -0.730. The Hall–Kier alpha value is -16.8. The highest BCUT2D eigenvalue weighted by molar-refractivity contribution is 6.56. The quantitative estimate of drug-likeness (QED) is 0.122. The predicted octanol–water partition coefficient (Wildman–Crippen LogP) is 26.0. The fourth-order valence-electron chi connectivity index (χ4n) is 23.8. The highest BCUT2D eigenvalue weighted by Gasteiger charge is 2.55. The van der Waals surface area contributed by atoms with Crippen molar-refractivity contribution in [3.05, 3.63) is 517 Å². The summed E-state index contributed by atoms with van der Waals surface area (Å²) in [4.78, 5) is 56.9. The Bertz CT molecular complexity index is 7990. The van der Waals surface area contributed by atoms with Crippen molar-refractivity contribution >= 4 is 34.3 Å². The molecule has 3 aromatic heterocycles. The second kappa shape index (κ2) is 32.7. The molecule has 0 radical (unpaired) electrons. The second-order valence-corrected chi connectivity index (χ2v) is 38.9. The summed E-state index contributed by atoms with van der Waals surface area (Å²) in [6.07, 6.45) is 11.5. The number of fused-ring (bicyclic) bond motifs is 6. The monoisotopic (exact) mass is 1800 g/mol. The molecule has 0 fully saturated rings. The zero-order chi connectivity index (χ0) is 92.1. The molecule has 12 bridgehead atoms. The molecule has 28 rings (SSSR count). The Morgan fingerprint density at radius 1 is 0.229 bits per heavy atom. The van der Waals surface area contributed by atoms with Crippen molar-refractivity contribution in [2.75, 3.05) is 0 Å². The summed E-state index contributed by atoms with van der Waals surface area (Å²) in [6, 6.07) is 149. The van der Waals surface area contributed by atoms with Gasteiger partial charge >= 0.3 is 5.79 Å². The van der Waals surface area contributed by atoms with Crippen molar-refractivity contribution in [1.29, 1.82) is 0 Å². The third-order valence-corrected chi connectivity index (χ3v) is 30.5. The number of aliphatic imine (C=N–C) groups is 6. The van der Waals surface area contributed by atoms with Crippen LogP contribution in [0.2, 0.25) is 0 Å². The molecule has 0 saturated heterocycles. The largest absolute Gasteiger partial charge is 0.330 e. The Kier molecular flexibility index (Phi) is 19.0. The van der Waals surface area contributed by atoms with Gasteiger partial charge in [0.1, 0.15) is 11.6 Å². The zero-order valence-corrected chi connectivity index (χ0v) is 77.4. The van der Waals surface area contributed by atoms with Gasteiger partial charge in [0.2, 0.25) is 0 Å². The summed E-state index contributed by atoms with van der Waals surface area (Å²) in [6.45, 7) is 0. The van der Waals surface area contributed by atoms with E-state index in [1.54, 1.807) is 0 Å². The van der Waals surface area contributed by atoms with Gasteiger partial charge in [-0.2, -0.15) is 4.57 Å². The third-order valence-electron chi connectivity index (χ3n) is 30.5. The van der Waals surface area contributed by atoms with E-state index in [4.69, 9.17) is 39.9 Å². The molecular weight excluding hydrogens is 1710 g/mol. The van der Waals surface area contributed by atoms with Gasteiger partial charge in [-0.1, -0.05) is 346 Å². The van der Waals surface area contributed by atoms with E-state index in [1.807, 2.05) is 0 Å². The maximum atomic E-state index is 6.65. The molecule has 12 heteroatoms. The highest BCUT2D eigenvalue weighted by atomic mass is 15.4. The minimum Gasteiger partial charge on any atom is -0.275 e. The molecule has 3 spiro atoms. The van der Waals surface area contributed by atoms with Crippen molar-refractivity contribution in [3.63, 3.8) is 0 Å². The Labute approximate surface area is 813 Å². The molecule has 140 heavy (non-hydrogen) atoms. The van der Waals surface area contributed by atoms with E-state index in [9.17, 15) is 0 Å². The summed E-state index contributed by atoms with van der Waals surface area (Å²) in [5, 5.41) is 0. The number of nitrogens with one attached hydrogen (secondary N) is 1. The van der Waals surface area contributed by atoms with Crippen molar-refractivity contribution in [2.45, 2.75) is 107 Å². The molecule has 0 amide bonds. The van der Waals surface area contributed by atoms with Crippen molar-refractivity contribution < 1.29 is 4.57 Å². The van der Waals surface area contributed by atoms with E-state index in [0.29, 0.717) is 0 Å². The Balaban J connectivity index is 0.830. The number of H-pyrrole nitrogens is 1. The average Bonchev–Trinajstić information content (AvgIpc) is 1.54. The topological polar surface area (TPSA) is 129 Å². The first-order valence-corrected chi connectivity index (χ1v) is 49.7. The fraction of sp³-hybridized carbons (Fsp3) is 0.133. The fourth-order valence-corrected chi connectivity index (χ4v) is 23.8. The van der Waals surface area contributed by atoms with Crippen LogP contribution < -0.4 is 4.57 Å². The highest BCUT2D eigenvalue weighted by Crippen LogP contribution is 2.56. The van der Waals surface area contributed by atoms with Crippen LogP contribution in [0.3, 0.4) is 0 Å². The zero-order valence-electron chi connectivity index (χ0n) is 77.4. The molecule has 9 aliphatic rings. The number of nitrogens with zero attached hydrogens (tertiary/aromatic N) is 11. The lowest BCUT2D eigenvalue weighted by atomic mass is 9.88. The summed E-state index contributed by atoms with van der Waals surface area (Å²) in [5.41, 5.74) is 41.9. The van der Waals surface area contributed by atoms with Gasteiger partial charge in [-0.3, -0.25) is 9.13 Å². The van der Waals surface area contributed by atoms with Crippen molar-refractivity contribution in [3.8, 4) is 102 Å². The number of imidazole rings is 3. The van der Waals surface area contributed by atoms with Crippen LogP contribution in [0, 0.1) is 0 Å². The van der Waals surface area contributed by atoms with Gasteiger partial charge < -0.3 is 0 Å². The molecule has 19 aromatic rings. The van der Waals surface area contributed by atoms with E-state index in [2.05, 4.69) is 419 Å². The molecule has 12 nitrogen and oxygen atoms in total. The Morgan fingerprint density at radius 2 is 0.514 bits per heavy atom. The van der Waals surface area contributed by atoms with Crippen molar-refractivity contribution in [1.82, 2.24) is 24.1 Å². The van der Waals surface area contributed by atoms with Gasteiger partial charge in [0.15, 0.2) is 11.4 Å². The average molecular weight is 1800 g/mol. The van der Waals surface area contributed by atoms with Gasteiger partial charge in [0.05, 0.1) is 68.2 Å². The first-order valence-electron chi connectivity index (χ1n) is 49.7. The number of hydrogen-bond donors (Lipinski definition) is 1. The predicted molar refractivity (Wildman–Crippen MR) is 564 cm³/mol. The van der Waals surface area contributed by atoms with Gasteiger partial charge in [0.25, 0.3) is 17.4 Å². The van der Waals surface area contributed by atoms with Gasteiger partial charge in [-0.05, 0) is 211 Å². The maximum Gasteiger partial charge on any atom is 0.330 e. The van der Waals surface area contributed by atoms with Crippen LogP contribution in [0.5, 0.6) is 0 Å². The molecule has 0 aliphatic carbocycles. The second-order valence-electron chi connectivity index (χ2n) is 38.9. The lowest BCUT2D eigenvalue weighted by Crippen LogP contribution is -2.56. The van der Waals surface area contributed by atoms with Crippen LogP contribution in [0.25, 0.3) is 102 Å². The molecule has 0 unspecified atom stereocenters. The van der Waals surface area contributed by atoms with E-state index in [-0.39, 0.29) is 0 Å². The van der Waals surface area contributed by atoms with Gasteiger partial charge in [0, 0.05) is 89.0 Å². The molecular formula is C128H95N12+. The summed E-state index contributed by atoms with van der Waals surface area (Å²) in [7, 11) is 0. The number of benzene rings is 16. The smallest absolute Gasteiger partial charge is 0.275 e. The van der Waals surface area contributed by atoms with Crippen LogP contribution in [0.1, 0.15) is 130 Å². The van der Waals surface area contributed by atoms with Crippen LogP contribution in [-0.4, -0.2) is 58.4 Å². The van der Waals surface area contributed by atoms with E-state index in [0.717, 1.165) is 276 Å². The van der Waals surface area contributed by atoms with E-state index in [1.165, 1.54) is 66.8 Å². The molecule has 666 valence electrons. The minimum atomic E-state index is -1.52. The number of rotatable bonds is 12. The van der Waals surface area contributed by atoms with Gasteiger partial charge in [-0.25, -0.2) is 44.9 Å². The van der Waals surface area contributed by atoms with Crippen LogP contribution in [0.15, 0.2) is 430 Å². The standard InChI is InChI=1S/C128H94N12/c1-10-32-93(33-11-1)111-112(94-34-12-2-13-35-94)133-126(132-111)108-75-82-31-28-30-81-56-62-87(50-29-51-90(108)65-59-82)105(72-81)123-129-117(120(138(123)126)99-44-22-7-23-45-99)102-78-103(118-121(100-46-24-8-25-47-100)139-124(130-118)106-73-83-52-54-85-60-66-91(70-68-88(106)63-57-83)109(76-85)127(139)134-113(95-36-14-3-15-37-95)114(135-127)96-38-16-4-17-39-96)80-104(79-102)119-122(101-48-26-9-27-49-101)140-125(131-119)107-74-84-53-55-86-61-67-92(71-69-89(107)64-58-84)110(77-86)128(140)136-115(97-40-18-5-19-41-97)116(137-128)98-42-20-6-21-43-98/h1-27,32-49,56-67,72-80H,28-31,50-55,68-71H2/p+1. The number of hydrogen-bond acceptors (Lipinski definition) is 8. The molecule has 1 N–H and O–H groups in total.